The second-order valence-corrected chi connectivity index (χ2v) is 5.05. The van der Waals surface area contributed by atoms with Crippen molar-refractivity contribution in [3.63, 3.8) is 0 Å². The van der Waals surface area contributed by atoms with E-state index in [1.54, 1.807) is 11.9 Å². The van der Waals surface area contributed by atoms with E-state index in [-0.39, 0.29) is 5.91 Å². The molecule has 1 heterocycles. The van der Waals surface area contributed by atoms with Crippen LogP contribution in [0.4, 0.5) is 5.69 Å². The third kappa shape index (κ3) is 3.81. The highest BCUT2D eigenvalue weighted by atomic mass is 16.2. The lowest BCUT2D eigenvalue weighted by molar-refractivity contribution is 0.0781. The molecular formula is C15H21N5O. The SMILES string of the molecule is CCCNc1ccc(C(=O)N(C)Cc2ncn[nH]2)c(C)c1. The van der Waals surface area contributed by atoms with E-state index in [1.165, 1.54) is 6.33 Å². The van der Waals surface area contributed by atoms with Gasteiger partial charge in [-0.15, -0.1) is 0 Å². The van der Waals surface area contributed by atoms with Crippen LogP contribution in [0.1, 0.15) is 35.1 Å². The first-order chi connectivity index (χ1) is 10.1. The van der Waals surface area contributed by atoms with E-state index in [2.05, 4.69) is 27.4 Å². The predicted molar refractivity (Wildman–Crippen MR) is 82.1 cm³/mol. The minimum absolute atomic E-state index is 0.0223. The molecule has 2 aromatic rings. The molecule has 0 fully saturated rings. The standard InChI is InChI=1S/C15H21N5O/c1-4-7-16-12-5-6-13(11(2)8-12)15(21)20(3)9-14-17-10-18-19-14/h5-6,8,10,16H,4,7,9H2,1-3H3,(H,17,18,19). The highest BCUT2D eigenvalue weighted by molar-refractivity contribution is 5.95. The van der Waals surface area contributed by atoms with Crippen LogP contribution >= 0.6 is 0 Å². The average molecular weight is 287 g/mol. The largest absolute Gasteiger partial charge is 0.385 e. The zero-order chi connectivity index (χ0) is 15.2. The fourth-order valence-electron chi connectivity index (χ4n) is 2.09. The van der Waals surface area contributed by atoms with Gasteiger partial charge in [0.25, 0.3) is 5.91 Å². The molecule has 0 aliphatic heterocycles. The van der Waals surface area contributed by atoms with Crippen molar-refractivity contribution in [3.8, 4) is 0 Å². The van der Waals surface area contributed by atoms with Gasteiger partial charge in [0, 0.05) is 24.8 Å². The van der Waals surface area contributed by atoms with Gasteiger partial charge in [-0.3, -0.25) is 9.89 Å². The summed E-state index contributed by atoms with van der Waals surface area (Å²) in [7, 11) is 1.76. The van der Waals surface area contributed by atoms with Gasteiger partial charge < -0.3 is 10.2 Å². The van der Waals surface area contributed by atoms with E-state index in [0.717, 1.165) is 24.2 Å². The van der Waals surface area contributed by atoms with Crippen LogP contribution in [-0.2, 0) is 6.54 Å². The van der Waals surface area contributed by atoms with Crippen LogP contribution in [-0.4, -0.2) is 39.6 Å². The van der Waals surface area contributed by atoms with E-state index >= 15 is 0 Å². The maximum absolute atomic E-state index is 12.5. The van der Waals surface area contributed by atoms with E-state index in [1.807, 2.05) is 25.1 Å². The lowest BCUT2D eigenvalue weighted by Crippen LogP contribution is -2.27. The maximum Gasteiger partial charge on any atom is 0.254 e. The highest BCUT2D eigenvalue weighted by Gasteiger charge is 2.15. The maximum atomic E-state index is 12.5. The van der Waals surface area contributed by atoms with Crippen molar-refractivity contribution < 1.29 is 4.79 Å². The van der Waals surface area contributed by atoms with Crippen LogP contribution in [0.2, 0.25) is 0 Å². The number of H-pyrrole nitrogens is 1. The molecule has 6 nitrogen and oxygen atoms in total. The van der Waals surface area contributed by atoms with E-state index in [9.17, 15) is 4.79 Å². The van der Waals surface area contributed by atoms with Gasteiger partial charge in [-0.2, -0.15) is 5.10 Å². The van der Waals surface area contributed by atoms with Crippen LogP contribution in [0, 0.1) is 6.92 Å². The van der Waals surface area contributed by atoms with Crippen molar-refractivity contribution in [1.82, 2.24) is 20.1 Å². The molecule has 2 N–H and O–H groups in total. The summed E-state index contributed by atoms with van der Waals surface area (Å²) in [4.78, 5) is 18.1. The van der Waals surface area contributed by atoms with Gasteiger partial charge in [-0.1, -0.05) is 6.92 Å². The number of benzene rings is 1. The molecule has 1 amide bonds. The molecule has 0 unspecified atom stereocenters. The van der Waals surface area contributed by atoms with Gasteiger partial charge in [0.2, 0.25) is 0 Å². The number of amides is 1. The molecule has 1 aromatic carbocycles. The van der Waals surface area contributed by atoms with Gasteiger partial charge in [-0.25, -0.2) is 4.98 Å². The lowest BCUT2D eigenvalue weighted by atomic mass is 10.1. The van der Waals surface area contributed by atoms with Crippen LogP contribution in [0.5, 0.6) is 0 Å². The van der Waals surface area contributed by atoms with Crippen molar-refractivity contribution in [1.29, 1.82) is 0 Å². The van der Waals surface area contributed by atoms with Gasteiger partial charge in [0.15, 0.2) is 0 Å². The molecule has 6 heteroatoms. The van der Waals surface area contributed by atoms with Crippen LogP contribution < -0.4 is 5.32 Å². The number of hydrogen-bond acceptors (Lipinski definition) is 4. The number of aromatic amines is 1. The van der Waals surface area contributed by atoms with Gasteiger partial charge in [-0.05, 0) is 37.1 Å². The van der Waals surface area contributed by atoms with Gasteiger partial charge >= 0.3 is 0 Å². The zero-order valence-corrected chi connectivity index (χ0v) is 12.7. The molecule has 1 aromatic heterocycles. The van der Waals surface area contributed by atoms with E-state index in [4.69, 9.17) is 0 Å². The Morgan fingerprint density at radius 3 is 2.86 bits per heavy atom. The Bertz CT molecular complexity index is 594. The molecule has 0 spiro atoms. The molecule has 2 rings (SSSR count). The quantitative estimate of drug-likeness (QED) is 0.854. The molecule has 0 radical (unpaired) electrons. The number of nitrogens with one attached hydrogen (secondary N) is 2. The minimum Gasteiger partial charge on any atom is -0.385 e. The van der Waals surface area contributed by atoms with Gasteiger partial charge in [0.1, 0.15) is 12.2 Å². The fourth-order valence-corrected chi connectivity index (χ4v) is 2.09. The average Bonchev–Trinajstić information content (AvgIpc) is 2.97. The molecule has 0 aliphatic rings. The molecule has 112 valence electrons. The van der Waals surface area contributed by atoms with Crippen molar-refractivity contribution >= 4 is 11.6 Å². The number of carbonyl (C=O) groups excluding carboxylic acids is 1. The van der Waals surface area contributed by atoms with Crippen molar-refractivity contribution in [3.05, 3.63) is 41.5 Å². The number of aromatic nitrogens is 3. The number of nitrogens with zero attached hydrogens (tertiary/aromatic N) is 3. The third-order valence-electron chi connectivity index (χ3n) is 3.23. The fraction of sp³-hybridized carbons (Fsp3) is 0.400. The van der Waals surface area contributed by atoms with Gasteiger partial charge in [0.05, 0.1) is 6.54 Å². The zero-order valence-electron chi connectivity index (χ0n) is 12.7. The summed E-state index contributed by atoms with van der Waals surface area (Å²) in [6.45, 7) is 5.41. The van der Waals surface area contributed by atoms with E-state index < -0.39 is 0 Å². The van der Waals surface area contributed by atoms with E-state index in [0.29, 0.717) is 17.9 Å². The molecule has 0 atom stereocenters. The monoisotopic (exact) mass is 287 g/mol. The topological polar surface area (TPSA) is 73.9 Å². The number of anilines is 1. The Balaban J connectivity index is 2.07. The Kier molecular flexibility index (Phi) is 4.92. The Morgan fingerprint density at radius 2 is 2.24 bits per heavy atom. The number of aryl methyl sites for hydroxylation is 1. The first kappa shape index (κ1) is 15.0. The summed E-state index contributed by atoms with van der Waals surface area (Å²) in [5, 5.41) is 9.86. The number of rotatable bonds is 6. The van der Waals surface area contributed by atoms with Crippen molar-refractivity contribution in [2.45, 2.75) is 26.8 Å². The summed E-state index contributed by atoms with van der Waals surface area (Å²) in [6, 6.07) is 5.82. The molecule has 0 bridgehead atoms. The minimum atomic E-state index is -0.0223. The van der Waals surface area contributed by atoms with Crippen molar-refractivity contribution in [2.24, 2.45) is 0 Å². The first-order valence-corrected chi connectivity index (χ1v) is 7.06. The van der Waals surface area contributed by atoms with Crippen molar-refractivity contribution in [2.75, 3.05) is 18.9 Å². The second kappa shape index (κ2) is 6.88. The first-order valence-electron chi connectivity index (χ1n) is 7.06. The summed E-state index contributed by atoms with van der Waals surface area (Å²) in [6.07, 6.45) is 2.51. The number of carbonyl (C=O) groups is 1. The van der Waals surface area contributed by atoms with Crippen LogP contribution in [0.3, 0.4) is 0 Å². The Hall–Kier alpha value is -2.37. The molecule has 0 aliphatic carbocycles. The molecule has 21 heavy (non-hydrogen) atoms. The smallest absolute Gasteiger partial charge is 0.254 e. The summed E-state index contributed by atoms with van der Waals surface area (Å²) in [5.41, 5.74) is 2.72. The number of hydrogen-bond donors (Lipinski definition) is 2. The summed E-state index contributed by atoms with van der Waals surface area (Å²) < 4.78 is 0. The molecule has 0 saturated carbocycles. The summed E-state index contributed by atoms with van der Waals surface area (Å²) >= 11 is 0. The molecular weight excluding hydrogens is 266 g/mol. The van der Waals surface area contributed by atoms with Crippen LogP contribution in [0.15, 0.2) is 24.5 Å². The third-order valence-corrected chi connectivity index (χ3v) is 3.23. The highest BCUT2D eigenvalue weighted by Crippen LogP contribution is 2.17. The van der Waals surface area contributed by atoms with Crippen LogP contribution in [0.25, 0.3) is 0 Å². The molecule has 0 saturated heterocycles. The Labute approximate surface area is 124 Å². The second-order valence-electron chi connectivity index (χ2n) is 5.05. The normalized spacial score (nSPS) is 10.4. The Morgan fingerprint density at radius 1 is 1.43 bits per heavy atom. The predicted octanol–water partition coefficient (Wildman–Crippen LogP) is 2.21. The lowest BCUT2D eigenvalue weighted by Gasteiger charge is -2.17. The summed E-state index contributed by atoms with van der Waals surface area (Å²) in [5.74, 6) is 0.649.